The van der Waals surface area contributed by atoms with Crippen molar-refractivity contribution < 1.29 is 0 Å². The predicted octanol–water partition coefficient (Wildman–Crippen LogP) is 4.97. The molecule has 0 saturated carbocycles. The van der Waals surface area contributed by atoms with Crippen LogP contribution in [0, 0.1) is 5.92 Å². The van der Waals surface area contributed by atoms with Crippen LogP contribution in [0.4, 0.5) is 0 Å². The van der Waals surface area contributed by atoms with Crippen molar-refractivity contribution in [2.75, 3.05) is 5.75 Å². The van der Waals surface area contributed by atoms with Crippen molar-refractivity contribution in [1.29, 1.82) is 0 Å². The molecule has 2 aromatic carbocycles. The molecule has 0 bridgehead atoms. The van der Waals surface area contributed by atoms with Crippen molar-refractivity contribution in [3.63, 3.8) is 0 Å². The molecule has 0 radical (unpaired) electrons. The van der Waals surface area contributed by atoms with E-state index in [-0.39, 0.29) is 0 Å². The number of nitrogens with zero attached hydrogens (tertiary/aromatic N) is 4. The van der Waals surface area contributed by atoms with Crippen LogP contribution in [0.3, 0.4) is 0 Å². The first-order chi connectivity index (χ1) is 12.7. The summed E-state index contributed by atoms with van der Waals surface area (Å²) in [6.07, 6.45) is 0.965. The van der Waals surface area contributed by atoms with E-state index < -0.39 is 0 Å². The Balaban J connectivity index is 1.75. The number of aryl methyl sites for hydroxylation is 2. The lowest BCUT2D eigenvalue weighted by Gasteiger charge is -2.07. The highest BCUT2D eigenvalue weighted by Gasteiger charge is 2.15. The molecule has 4 nitrogen and oxygen atoms in total. The third-order valence-corrected chi connectivity index (χ3v) is 5.63. The van der Waals surface area contributed by atoms with E-state index in [0.717, 1.165) is 40.4 Å². The van der Waals surface area contributed by atoms with Crippen LogP contribution >= 0.6 is 11.8 Å². The van der Waals surface area contributed by atoms with Crippen molar-refractivity contribution in [3.05, 3.63) is 60.2 Å². The summed E-state index contributed by atoms with van der Waals surface area (Å²) in [5.74, 6) is 1.60. The standard InChI is InChI=1S/C21H22N4S/c1-15(2)14-26-21-22-20-19(23-24-21)17-10-6-7-11-18(17)25(20)13-12-16-8-4-3-5-9-16/h3-11,15H,12-14H2,1-2H3. The van der Waals surface area contributed by atoms with Gasteiger partial charge in [0.05, 0.1) is 5.52 Å². The van der Waals surface area contributed by atoms with Gasteiger partial charge >= 0.3 is 0 Å². The minimum Gasteiger partial charge on any atom is -0.323 e. The van der Waals surface area contributed by atoms with Crippen LogP contribution in [-0.2, 0) is 13.0 Å². The third-order valence-electron chi connectivity index (χ3n) is 4.37. The Hall–Kier alpha value is -2.40. The first-order valence-electron chi connectivity index (χ1n) is 9.01. The van der Waals surface area contributed by atoms with Crippen LogP contribution in [-0.4, -0.2) is 25.5 Å². The third kappa shape index (κ3) is 3.44. The monoisotopic (exact) mass is 362 g/mol. The van der Waals surface area contributed by atoms with Gasteiger partial charge in [-0.05, 0) is 24.0 Å². The van der Waals surface area contributed by atoms with Crippen LogP contribution in [0.5, 0.6) is 0 Å². The first-order valence-corrected chi connectivity index (χ1v) is 9.99. The number of fused-ring (bicyclic) bond motifs is 3. The van der Waals surface area contributed by atoms with Gasteiger partial charge in [0.2, 0.25) is 5.16 Å². The van der Waals surface area contributed by atoms with Gasteiger partial charge in [-0.3, -0.25) is 0 Å². The van der Waals surface area contributed by atoms with Gasteiger partial charge in [-0.1, -0.05) is 74.1 Å². The minimum atomic E-state index is 0.600. The molecule has 132 valence electrons. The SMILES string of the molecule is CC(C)CSc1nnc2c3ccccc3n(CCc3ccccc3)c2n1. The highest BCUT2D eigenvalue weighted by atomic mass is 32.2. The van der Waals surface area contributed by atoms with Gasteiger partial charge < -0.3 is 4.57 Å². The van der Waals surface area contributed by atoms with E-state index in [9.17, 15) is 0 Å². The quantitative estimate of drug-likeness (QED) is 0.454. The maximum Gasteiger partial charge on any atom is 0.211 e. The van der Waals surface area contributed by atoms with Crippen LogP contribution in [0.1, 0.15) is 19.4 Å². The average molecular weight is 363 g/mol. The molecular weight excluding hydrogens is 340 g/mol. The molecule has 0 aliphatic carbocycles. The fourth-order valence-electron chi connectivity index (χ4n) is 3.10. The van der Waals surface area contributed by atoms with Gasteiger partial charge in [-0.15, -0.1) is 10.2 Å². The zero-order chi connectivity index (χ0) is 17.9. The lowest BCUT2D eigenvalue weighted by molar-refractivity contribution is 0.724. The minimum absolute atomic E-state index is 0.600. The van der Waals surface area contributed by atoms with Crippen LogP contribution in [0.25, 0.3) is 22.1 Å². The Morgan fingerprint density at radius 1 is 0.962 bits per heavy atom. The topological polar surface area (TPSA) is 43.6 Å². The van der Waals surface area contributed by atoms with Crippen LogP contribution < -0.4 is 0 Å². The Kier molecular flexibility index (Phi) is 4.89. The highest BCUT2D eigenvalue weighted by molar-refractivity contribution is 7.99. The van der Waals surface area contributed by atoms with Gasteiger partial charge in [0.15, 0.2) is 5.65 Å². The van der Waals surface area contributed by atoms with Crippen molar-refractivity contribution >= 4 is 33.8 Å². The Morgan fingerprint density at radius 3 is 2.54 bits per heavy atom. The van der Waals surface area contributed by atoms with Gasteiger partial charge in [0, 0.05) is 17.7 Å². The van der Waals surface area contributed by atoms with Crippen molar-refractivity contribution in [2.24, 2.45) is 5.92 Å². The Labute approximate surface area is 157 Å². The molecule has 0 amide bonds. The number of benzene rings is 2. The second kappa shape index (κ2) is 7.46. The number of hydrogen-bond donors (Lipinski definition) is 0. The molecule has 0 atom stereocenters. The Morgan fingerprint density at radius 2 is 1.73 bits per heavy atom. The van der Waals surface area contributed by atoms with Crippen molar-refractivity contribution in [2.45, 2.75) is 32.0 Å². The molecule has 0 aliphatic rings. The number of aromatic nitrogens is 4. The molecule has 0 N–H and O–H groups in total. The molecule has 0 fully saturated rings. The van der Waals surface area contributed by atoms with Gasteiger partial charge in [0.25, 0.3) is 0 Å². The molecule has 0 aliphatic heterocycles. The normalized spacial score (nSPS) is 11.7. The van der Waals surface area contributed by atoms with E-state index in [1.807, 2.05) is 6.07 Å². The average Bonchev–Trinajstić information content (AvgIpc) is 2.98. The van der Waals surface area contributed by atoms with E-state index in [0.29, 0.717) is 5.92 Å². The fourth-order valence-corrected chi connectivity index (χ4v) is 3.84. The molecule has 0 spiro atoms. The summed E-state index contributed by atoms with van der Waals surface area (Å²) in [5.41, 5.74) is 4.33. The van der Waals surface area contributed by atoms with E-state index in [1.165, 1.54) is 11.1 Å². The summed E-state index contributed by atoms with van der Waals surface area (Å²) in [7, 11) is 0. The van der Waals surface area contributed by atoms with Crippen molar-refractivity contribution in [3.8, 4) is 0 Å². The second-order valence-corrected chi connectivity index (χ2v) is 7.86. The number of thioether (sulfide) groups is 1. The van der Waals surface area contributed by atoms with Gasteiger partial charge in [-0.25, -0.2) is 4.98 Å². The van der Waals surface area contributed by atoms with Crippen molar-refractivity contribution in [1.82, 2.24) is 19.7 Å². The van der Waals surface area contributed by atoms with Crippen LogP contribution in [0.15, 0.2) is 59.8 Å². The molecule has 2 aromatic heterocycles. The maximum atomic E-state index is 4.85. The lowest BCUT2D eigenvalue weighted by atomic mass is 10.1. The highest BCUT2D eigenvalue weighted by Crippen LogP contribution is 2.27. The summed E-state index contributed by atoms with van der Waals surface area (Å²) in [6, 6.07) is 18.9. The summed E-state index contributed by atoms with van der Waals surface area (Å²) in [4.78, 5) is 4.85. The maximum absolute atomic E-state index is 4.85. The first kappa shape index (κ1) is 17.0. The molecule has 0 saturated heterocycles. The fraction of sp³-hybridized carbons (Fsp3) is 0.286. The zero-order valence-corrected chi connectivity index (χ0v) is 15.9. The molecule has 4 rings (SSSR count). The summed E-state index contributed by atoms with van der Waals surface area (Å²) < 4.78 is 2.28. The molecule has 26 heavy (non-hydrogen) atoms. The summed E-state index contributed by atoms with van der Waals surface area (Å²) >= 11 is 1.68. The molecular formula is C21H22N4S. The van der Waals surface area contributed by atoms with Gasteiger partial charge in [-0.2, -0.15) is 0 Å². The molecule has 4 aromatic rings. The van der Waals surface area contributed by atoms with E-state index in [4.69, 9.17) is 4.98 Å². The Bertz CT molecular complexity index is 1020. The number of hydrogen-bond acceptors (Lipinski definition) is 4. The van der Waals surface area contributed by atoms with Crippen LogP contribution in [0.2, 0.25) is 0 Å². The largest absolute Gasteiger partial charge is 0.323 e. The van der Waals surface area contributed by atoms with E-state index in [1.54, 1.807) is 11.8 Å². The molecule has 2 heterocycles. The number of rotatable bonds is 6. The number of para-hydroxylation sites is 1. The van der Waals surface area contributed by atoms with E-state index >= 15 is 0 Å². The predicted molar refractivity (Wildman–Crippen MR) is 109 cm³/mol. The lowest BCUT2D eigenvalue weighted by Crippen LogP contribution is -2.04. The summed E-state index contributed by atoms with van der Waals surface area (Å²) in [5, 5.41) is 10.7. The molecule has 0 unspecified atom stereocenters. The van der Waals surface area contributed by atoms with Gasteiger partial charge in [0.1, 0.15) is 5.52 Å². The summed E-state index contributed by atoms with van der Waals surface area (Å²) in [6.45, 7) is 5.28. The smallest absolute Gasteiger partial charge is 0.211 e. The zero-order valence-electron chi connectivity index (χ0n) is 15.1. The second-order valence-electron chi connectivity index (χ2n) is 6.88. The molecule has 5 heteroatoms. The van der Waals surface area contributed by atoms with E-state index in [2.05, 4.69) is 77.1 Å².